The molecule has 1 aliphatic rings. The van der Waals surface area contributed by atoms with E-state index >= 15 is 0 Å². The molecule has 7 heteroatoms. The summed E-state index contributed by atoms with van der Waals surface area (Å²) in [6.45, 7) is 6.55. The number of rotatable bonds is 2. The Morgan fingerprint density at radius 2 is 1.67 bits per heavy atom. The Hall–Kier alpha value is -2.34. The summed E-state index contributed by atoms with van der Waals surface area (Å²) in [6.07, 6.45) is 2.26. The third-order valence-electron chi connectivity index (χ3n) is 5.36. The second-order valence-corrected chi connectivity index (χ2v) is 8.11. The van der Waals surface area contributed by atoms with Crippen LogP contribution in [0.2, 0.25) is 5.28 Å². The van der Waals surface area contributed by atoms with Gasteiger partial charge in [-0.1, -0.05) is 13.8 Å². The number of benzene rings is 2. The van der Waals surface area contributed by atoms with Crippen LogP contribution in [0.3, 0.4) is 0 Å². The fourth-order valence-corrected chi connectivity index (χ4v) is 3.82. The van der Waals surface area contributed by atoms with Crippen LogP contribution in [-0.4, -0.2) is 27.7 Å². The lowest BCUT2D eigenvalue weighted by Gasteiger charge is -2.38. The van der Waals surface area contributed by atoms with Gasteiger partial charge in [0.1, 0.15) is 5.52 Å². The molecule has 4 nitrogen and oxygen atoms in total. The van der Waals surface area contributed by atoms with E-state index in [1.54, 1.807) is 0 Å². The number of fused-ring (bicyclic) bond motifs is 1. The van der Waals surface area contributed by atoms with E-state index in [-0.39, 0.29) is 16.3 Å². The molecule has 0 saturated carbocycles. The largest absolute Gasteiger partial charge is 0.503 e. The Bertz CT molecular complexity index is 1000. The van der Waals surface area contributed by atoms with E-state index < -0.39 is 17.4 Å². The van der Waals surface area contributed by atoms with Crippen LogP contribution in [0.25, 0.3) is 16.7 Å². The number of phenolic OH excluding ortho intramolecular Hbond substituents is 1. The minimum absolute atomic E-state index is 0.00127. The highest BCUT2D eigenvalue weighted by Crippen LogP contribution is 2.35. The SMILES string of the molecule is CC1(C)CCN(c2ccc(-n3c(Cl)nc4cc(F)c(O)c(F)c43)cc2)CC1. The number of aromatic hydroxyl groups is 1. The summed E-state index contributed by atoms with van der Waals surface area (Å²) < 4.78 is 29.4. The van der Waals surface area contributed by atoms with Gasteiger partial charge in [-0.2, -0.15) is 0 Å². The van der Waals surface area contributed by atoms with E-state index in [0.29, 0.717) is 11.1 Å². The van der Waals surface area contributed by atoms with Crippen molar-refractivity contribution in [3.8, 4) is 11.4 Å². The summed E-state index contributed by atoms with van der Waals surface area (Å²) in [5, 5.41) is 9.60. The predicted octanol–water partition coefficient (Wildman–Crippen LogP) is 5.29. The van der Waals surface area contributed by atoms with Gasteiger partial charge in [-0.3, -0.25) is 4.57 Å². The highest BCUT2D eigenvalue weighted by atomic mass is 35.5. The first-order chi connectivity index (χ1) is 12.8. The molecule has 3 aromatic rings. The van der Waals surface area contributed by atoms with Crippen LogP contribution in [0.5, 0.6) is 5.75 Å². The minimum Gasteiger partial charge on any atom is -0.503 e. The van der Waals surface area contributed by atoms with Crippen molar-refractivity contribution < 1.29 is 13.9 Å². The van der Waals surface area contributed by atoms with Crippen molar-refractivity contribution in [1.82, 2.24) is 9.55 Å². The summed E-state index contributed by atoms with van der Waals surface area (Å²) >= 11 is 6.17. The molecule has 1 aliphatic heterocycles. The average Bonchev–Trinajstić information content (AvgIpc) is 2.96. The molecule has 0 bridgehead atoms. The second kappa shape index (κ2) is 6.37. The fourth-order valence-electron chi connectivity index (χ4n) is 3.54. The highest BCUT2D eigenvalue weighted by Gasteiger charge is 2.26. The molecule has 27 heavy (non-hydrogen) atoms. The van der Waals surface area contributed by atoms with Gasteiger partial charge < -0.3 is 10.0 Å². The Kier molecular flexibility index (Phi) is 4.26. The molecule has 2 heterocycles. The lowest BCUT2D eigenvalue weighted by Crippen LogP contribution is -2.37. The smallest absolute Gasteiger partial charge is 0.208 e. The summed E-state index contributed by atoms with van der Waals surface area (Å²) in [4.78, 5) is 6.33. The zero-order valence-electron chi connectivity index (χ0n) is 15.1. The van der Waals surface area contributed by atoms with Crippen LogP contribution in [0.4, 0.5) is 14.5 Å². The topological polar surface area (TPSA) is 41.3 Å². The van der Waals surface area contributed by atoms with Gasteiger partial charge >= 0.3 is 0 Å². The van der Waals surface area contributed by atoms with Crippen molar-refractivity contribution in [3.63, 3.8) is 0 Å². The molecule has 1 fully saturated rings. The maximum Gasteiger partial charge on any atom is 0.208 e. The third-order valence-corrected chi connectivity index (χ3v) is 5.61. The molecule has 0 radical (unpaired) electrons. The predicted molar refractivity (Wildman–Crippen MR) is 103 cm³/mol. The monoisotopic (exact) mass is 391 g/mol. The maximum atomic E-state index is 14.4. The van der Waals surface area contributed by atoms with Gasteiger partial charge in [-0.25, -0.2) is 13.8 Å². The molecule has 0 atom stereocenters. The molecule has 4 rings (SSSR count). The highest BCUT2D eigenvalue weighted by molar-refractivity contribution is 6.29. The van der Waals surface area contributed by atoms with Gasteiger partial charge in [0.2, 0.25) is 5.28 Å². The number of aromatic nitrogens is 2. The second-order valence-electron chi connectivity index (χ2n) is 7.77. The molecule has 1 aromatic heterocycles. The van der Waals surface area contributed by atoms with E-state index in [2.05, 4.69) is 23.7 Å². The van der Waals surface area contributed by atoms with Crippen molar-refractivity contribution in [2.45, 2.75) is 26.7 Å². The lowest BCUT2D eigenvalue weighted by molar-refractivity contribution is 0.280. The summed E-state index contributed by atoms with van der Waals surface area (Å²) in [5.41, 5.74) is 2.05. The van der Waals surface area contributed by atoms with E-state index in [1.165, 1.54) is 4.57 Å². The molecule has 1 N–H and O–H groups in total. The molecule has 1 saturated heterocycles. The van der Waals surface area contributed by atoms with Crippen LogP contribution >= 0.6 is 11.6 Å². The van der Waals surface area contributed by atoms with Crippen molar-refractivity contribution in [2.24, 2.45) is 5.41 Å². The zero-order valence-corrected chi connectivity index (χ0v) is 15.9. The summed E-state index contributed by atoms with van der Waals surface area (Å²) in [5.74, 6) is -3.18. The molecular weight excluding hydrogens is 372 g/mol. The van der Waals surface area contributed by atoms with E-state index in [9.17, 15) is 13.9 Å². The quantitative estimate of drug-likeness (QED) is 0.645. The van der Waals surface area contributed by atoms with E-state index in [0.717, 1.165) is 37.7 Å². The number of imidazole rings is 1. The number of anilines is 1. The first-order valence-corrected chi connectivity index (χ1v) is 9.25. The van der Waals surface area contributed by atoms with Crippen LogP contribution in [0.15, 0.2) is 30.3 Å². The molecule has 142 valence electrons. The van der Waals surface area contributed by atoms with Crippen molar-refractivity contribution >= 4 is 28.3 Å². The van der Waals surface area contributed by atoms with Gasteiger partial charge in [0.15, 0.2) is 17.4 Å². The molecule has 0 spiro atoms. The van der Waals surface area contributed by atoms with Gasteiger partial charge in [0.25, 0.3) is 0 Å². The maximum absolute atomic E-state index is 14.4. The molecular formula is C20H20ClF2N3O. The number of hydrogen-bond donors (Lipinski definition) is 1. The van der Waals surface area contributed by atoms with Gasteiger partial charge in [-0.15, -0.1) is 0 Å². The Morgan fingerprint density at radius 1 is 1.07 bits per heavy atom. The zero-order chi connectivity index (χ0) is 19.3. The first kappa shape index (κ1) is 18.0. The summed E-state index contributed by atoms with van der Waals surface area (Å²) in [7, 11) is 0. The van der Waals surface area contributed by atoms with Crippen molar-refractivity contribution in [1.29, 1.82) is 0 Å². The van der Waals surface area contributed by atoms with Gasteiger partial charge in [0.05, 0.1) is 5.52 Å². The molecule has 0 amide bonds. The Labute approximate surface area is 161 Å². The van der Waals surface area contributed by atoms with Crippen LogP contribution in [-0.2, 0) is 0 Å². The van der Waals surface area contributed by atoms with Crippen LogP contribution in [0, 0.1) is 17.0 Å². The molecule has 0 aliphatic carbocycles. The number of hydrogen-bond acceptors (Lipinski definition) is 3. The lowest BCUT2D eigenvalue weighted by atomic mass is 9.82. The van der Waals surface area contributed by atoms with Crippen molar-refractivity contribution in [3.05, 3.63) is 47.2 Å². The fraction of sp³-hybridized carbons (Fsp3) is 0.350. The average molecular weight is 392 g/mol. The minimum atomic E-state index is -1.08. The number of nitrogens with zero attached hydrogens (tertiary/aromatic N) is 3. The number of halogens is 3. The normalized spacial score (nSPS) is 16.9. The summed E-state index contributed by atoms with van der Waals surface area (Å²) in [6, 6.07) is 8.53. The van der Waals surface area contributed by atoms with Crippen LogP contribution in [0.1, 0.15) is 26.7 Å². The van der Waals surface area contributed by atoms with Gasteiger partial charge in [-0.05, 0) is 54.1 Å². The number of piperidine rings is 1. The van der Waals surface area contributed by atoms with E-state index in [4.69, 9.17) is 11.6 Å². The molecule has 0 unspecified atom stereocenters. The third kappa shape index (κ3) is 3.12. The standard InChI is InChI=1S/C20H20ClF2N3O/c1-20(2)7-9-25(10-8-20)12-3-5-13(6-4-12)26-17-15(24-19(26)21)11-14(22)18(27)16(17)23/h3-6,11,27H,7-10H2,1-2H3. The van der Waals surface area contributed by atoms with Crippen molar-refractivity contribution in [2.75, 3.05) is 18.0 Å². The Morgan fingerprint density at radius 3 is 2.30 bits per heavy atom. The Balaban J connectivity index is 1.71. The first-order valence-electron chi connectivity index (χ1n) is 8.87. The van der Waals surface area contributed by atoms with E-state index in [1.807, 2.05) is 24.3 Å². The van der Waals surface area contributed by atoms with Gasteiger partial charge in [0, 0.05) is 30.5 Å². The number of phenols is 1. The van der Waals surface area contributed by atoms with Crippen LogP contribution < -0.4 is 4.90 Å². The molecule has 2 aromatic carbocycles.